The fourth-order valence-corrected chi connectivity index (χ4v) is 4.89. The number of carbonyl (C=O) groups excluding carboxylic acids is 1. The summed E-state index contributed by atoms with van der Waals surface area (Å²) >= 11 is 0. The van der Waals surface area contributed by atoms with Crippen molar-refractivity contribution in [2.45, 2.75) is 18.3 Å². The van der Waals surface area contributed by atoms with Gasteiger partial charge in [-0.1, -0.05) is 30.3 Å². The molecule has 1 aromatic heterocycles. The highest BCUT2D eigenvalue weighted by atomic mass is 16.5. The van der Waals surface area contributed by atoms with E-state index in [4.69, 9.17) is 24.9 Å². The minimum absolute atomic E-state index is 0.0255. The number of carbonyl (C=O) groups is 1. The molecule has 0 saturated carbocycles. The molecule has 0 bridgehead atoms. The lowest BCUT2D eigenvalue weighted by molar-refractivity contribution is -0.136. The summed E-state index contributed by atoms with van der Waals surface area (Å²) in [6.45, 7) is 2.13. The number of likely N-dealkylation sites (N-methyl/N-ethyl adjacent to an activating group) is 1. The van der Waals surface area contributed by atoms with Gasteiger partial charge in [0.2, 0.25) is 11.9 Å². The van der Waals surface area contributed by atoms with Gasteiger partial charge in [-0.25, -0.2) is 4.98 Å². The summed E-state index contributed by atoms with van der Waals surface area (Å²) in [6, 6.07) is 14.1. The first-order valence-corrected chi connectivity index (χ1v) is 11.6. The molecule has 1 aliphatic heterocycles. The Morgan fingerprint density at radius 3 is 2.34 bits per heavy atom. The van der Waals surface area contributed by atoms with Crippen molar-refractivity contribution in [1.29, 1.82) is 0 Å². The van der Waals surface area contributed by atoms with Gasteiger partial charge in [-0.15, -0.1) is 0 Å². The van der Waals surface area contributed by atoms with Gasteiger partial charge in [0, 0.05) is 50.7 Å². The highest BCUT2D eigenvalue weighted by molar-refractivity contribution is 5.91. The molecule has 2 heterocycles. The quantitative estimate of drug-likeness (QED) is 0.526. The summed E-state index contributed by atoms with van der Waals surface area (Å²) in [5, 5.41) is 0.711. The summed E-state index contributed by atoms with van der Waals surface area (Å²) in [5.41, 5.74) is 8.10. The van der Waals surface area contributed by atoms with E-state index in [1.807, 2.05) is 29.0 Å². The molecule has 2 N–H and O–H groups in total. The number of fused-ring (bicyclic) bond motifs is 1. The zero-order valence-corrected chi connectivity index (χ0v) is 20.8. The van der Waals surface area contributed by atoms with Crippen LogP contribution in [0.2, 0.25) is 0 Å². The molecule has 0 radical (unpaired) electrons. The van der Waals surface area contributed by atoms with Crippen LogP contribution in [-0.4, -0.2) is 75.4 Å². The largest absolute Gasteiger partial charge is 0.493 e. The summed E-state index contributed by atoms with van der Waals surface area (Å²) in [5.74, 6) is 2.11. The lowest BCUT2D eigenvalue weighted by atomic mass is 9.72. The van der Waals surface area contributed by atoms with Crippen molar-refractivity contribution in [2.24, 2.45) is 0 Å². The Kier molecular flexibility index (Phi) is 7.25. The molecular weight excluding hydrogens is 446 g/mol. The van der Waals surface area contributed by atoms with Gasteiger partial charge in [-0.2, -0.15) is 4.98 Å². The molecular formula is C26H33N5O4. The van der Waals surface area contributed by atoms with Crippen LogP contribution in [0.4, 0.5) is 11.8 Å². The van der Waals surface area contributed by atoms with E-state index in [-0.39, 0.29) is 17.9 Å². The third kappa shape index (κ3) is 4.95. The van der Waals surface area contributed by atoms with Crippen LogP contribution in [0, 0.1) is 0 Å². The van der Waals surface area contributed by atoms with Crippen molar-refractivity contribution in [3.05, 3.63) is 48.0 Å². The lowest BCUT2D eigenvalue weighted by Crippen LogP contribution is -2.50. The fraction of sp³-hybridized carbons (Fsp3) is 0.423. The molecule has 1 amide bonds. The van der Waals surface area contributed by atoms with E-state index in [1.165, 1.54) is 5.56 Å². The van der Waals surface area contributed by atoms with Crippen LogP contribution in [0.25, 0.3) is 10.9 Å². The number of hydrogen-bond acceptors (Lipinski definition) is 8. The third-order valence-electron chi connectivity index (χ3n) is 6.83. The predicted octanol–water partition coefficient (Wildman–Crippen LogP) is 2.87. The van der Waals surface area contributed by atoms with Gasteiger partial charge >= 0.3 is 0 Å². The number of ether oxygens (including phenoxy) is 3. The molecule has 9 nitrogen and oxygen atoms in total. The van der Waals surface area contributed by atoms with E-state index >= 15 is 0 Å². The number of hydrogen-bond donors (Lipinski definition) is 1. The highest BCUT2D eigenvalue weighted by Crippen LogP contribution is 2.38. The molecule has 186 valence electrons. The third-order valence-corrected chi connectivity index (χ3v) is 6.83. The number of likely N-dealkylation sites (tertiary alicyclic amines) is 1. The maximum absolute atomic E-state index is 12.4. The second-order valence-corrected chi connectivity index (χ2v) is 8.95. The summed E-state index contributed by atoms with van der Waals surface area (Å²) in [6.07, 6.45) is 1.65. The van der Waals surface area contributed by atoms with Crippen LogP contribution in [0.15, 0.2) is 42.5 Å². The summed E-state index contributed by atoms with van der Waals surface area (Å²) < 4.78 is 15.9. The second kappa shape index (κ2) is 10.4. The number of piperidine rings is 1. The Balaban J connectivity index is 1.64. The topological polar surface area (TPSA) is 103 Å². The van der Waals surface area contributed by atoms with Crippen molar-refractivity contribution in [2.75, 3.05) is 65.3 Å². The zero-order valence-electron chi connectivity index (χ0n) is 20.8. The minimum Gasteiger partial charge on any atom is -0.493 e. The normalized spacial score (nSPS) is 15.1. The molecule has 35 heavy (non-hydrogen) atoms. The first-order chi connectivity index (χ1) is 16.9. The van der Waals surface area contributed by atoms with Crippen LogP contribution in [0.3, 0.4) is 0 Å². The van der Waals surface area contributed by atoms with Crippen molar-refractivity contribution >= 4 is 28.6 Å². The van der Waals surface area contributed by atoms with Crippen LogP contribution >= 0.6 is 0 Å². The molecule has 9 heteroatoms. The van der Waals surface area contributed by atoms with E-state index in [1.54, 1.807) is 27.4 Å². The molecule has 0 aliphatic carbocycles. The van der Waals surface area contributed by atoms with Gasteiger partial charge in [0.05, 0.1) is 19.7 Å². The Bertz CT molecular complexity index is 1180. The highest BCUT2D eigenvalue weighted by Gasteiger charge is 2.38. The van der Waals surface area contributed by atoms with Gasteiger partial charge in [-0.05, 0) is 24.5 Å². The Morgan fingerprint density at radius 1 is 1.06 bits per heavy atom. The van der Waals surface area contributed by atoms with E-state index in [0.29, 0.717) is 53.8 Å². The number of aromatic nitrogens is 2. The smallest absolute Gasteiger partial charge is 0.248 e. The molecule has 1 saturated heterocycles. The standard InChI is InChI=1S/C26H33N5O4/c1-30(25-28-20-15-22(35-4)21(34-3)14-19(20)24(27)29-25)17-26(18-8-6-5-7-9-18)10-12-31(13-11-26)23(32)16-33-2/h5-9,14-15H,10-13,16-17H2,1-4H3,(H2,27,28,29). The Labute approximate surface area is 205 Å². The number of nitrogens with two attached hydrogens (primary N) is 1. The second-order valence-electron chi connectivity index (χ2n) is 8.95. The lowest BCUT2D eigenvalue weighted by Gasteiger charge is -2.44. The van der Waals surface area contributed by atoms with Crippen molar-refractivity contribution in [3.8, 4) is 11.5 Å². The summed E-state index contributed by atoms with van der Waals surface area (Å²) in [4.78, 5) is 25.7. The number of benzene rings is 2. The van der Waals surface area contributed by atoms with Gasteiger partial charge in [0.25, 0.3) is 0 Å². The van der Waals surface area contributed by atoms with Crippen LogP contribution in [0.5, 0.6) is 11.5 Å². The van der Waals surface area contributed by atoms with Crippen LogP contribution in [-0.2, 0) is 14.9 Å². The van der Waals surface area contributed by atoms with E-state index in [2.05, 4.69) is 29.2 Å². The Hall–Kier alpha value is -3.59. The fourth-order valence-electron chi connectivity index (χ4n) is 4.89. The number of rotatable bonds is 8. The molecule has 0 unspecified atom stereocenters. The van der Waals surface area contributed by atoms with Gasteiger partial charge in [0.15, 0.2) is 11.5 Å². The number of methoxy groups -OCH3 is 3. The van der Waals surface area contributed by atoms with E-state index < -0.39 is 0 Å². The molecule has 0 atom stereocenters. The number of anilines is 2. The van der Waals surface area contributed by atoms with Crippen molar-refractivity contribution in [1.82, 2.24) is 14.9 Å². The zero-order chi connectivity index (χ0) is 25.0. The first kappa shape index (κ1) is 24.5. The molecule has 0 spiro atoms. The Morgan fingerprint density at radius 2 is 1.71 bits per heavy atom. The minimum atomic E-state index is -0.162. The average Bonchev–Trinajstić information content (AvgIpc) is 2.88. The maximum atomic E-state index is 12.4. The first-order valence-electron chi connectivity index (χ1n) is 11.6. The van der Waals surface area contributed by atoms with Crippen LogP contribution < -0.4 is 20.1 Å². The van der Waals surface area contributed by atoms with E-state index in [9.17, 15) is 4.79 Å². The van der Waals surface area contributed by atoms with E-state index in [0.717, 1.165) is 12.8 Å². The van der Waals surface area contributed by atoms with Crippen molar-refractivity contribution < 1.29 is 19.0 Å². The number of nitrogens with zero attached hydrogens (tertiary/aromatic N) is 4. The van der Waals surface area contributed by atoms with Gasteiger partial charge in [-0.3, -0.25) is 4.79 Å². The monoisotopic (exact) mass is 479 g/mol. The number of amides is 1. The average molecular weight is 480 g/mol. The van der Waals surface area contributed by atoms with Gasteiger partial charge < -0.3 is 29.7 Å². The number of nitrogen functional groups attached to an aromatic ring is 1. The molecule has 3 aromatic rings. The van der Waals surface area contributed by atoms with Crippen LogP contribution in [0.1, 0.15) is 18.4 Å². The maximum Gasteiger partial charge on any atom is 0.248 e. The molecule has 1 fully saturated rings. The predicted molar refractivity (Wildman–Crippen MR) is 136 cm³/mol. The summed E-state index contributed by atoms with van der Waals surface area (Å²) in [7, 11) is 6.70. The van der Waals surface area contributed by atoms with Crippen molar-refractivity contribution in [3.63, 3.8) is 0 Å². The molecule has 2 aromatic carbocycles. The van der Waals surface area contributed by atoms with Gasteiger partial charge in [0.1, 0.15) is 12.4 Å². The SMILES string of the molecule is COCC(=O)N1CCC(CN(C)c2nc(N)c3cc(OC)c(OC)cc3n2)(c2ccccc2)CC1. The molecule has 4 rings (SSSR count). The molecule has 1 aliphatic rings.